The van der Waals surface area contributed by atoms with Crippen LogP contribution in [-0.4, -0.2) is 95.6 Å². The fourth-order valence-electron chi connectivity index (χ4n) is 6.11. The van der Waals surface area contributed by atoms with Gasteiger partial charge in [0.25, 0.3) is 0 Å². The van der Waals surface area contributed by atoms with Crippen LogP contribution in [0.2, 0.25) is 0 Å². The summed E-state index contributed by atoms with van der Waals surface area (Å²) < 4.78 is 6.21. The van der Waals surface area contributed by atoms with Crippen molar-refractivity contribution in [2.45, 2.75) is 69.8 Å². The molecule has 1 aromatic carbocycles. The molecule has 0 aliphatic carbocycles. The molecule has 1 amide bonds. The number of piperidine rings is 2. The molecule has 184 valence electrons. The third-order valence-electron chi connectivity index (χ3n) is 8.24. The number of carbonyl (C=O) groups is 1. The minimum absolute atomic E-state index is 0.0605. The lowest BCUT2D eigenvalue weighted by Crippen LogP contribution is -2.55. The number of ether oxygens (including phenoxy) is 1. The number of rotatable bonds is 4. The molecule has 3 fully saturated rings. The van der Waals surface area contributed by atoms with Crippen molar-refractivity contribution in [2.24, 2.45) is 5.92 Å². The Kier molecular flexibility index (Phi) is 7.06. The number of carbonyl (C=O) groups excluding carboxylic acids is 1. The van der Waals surface area contributed by atoms with Gasteiger partial charge in [-0.1, -0.05) is 18.2 Å². The topological polar surface area (TPSA) is 76.5 Å². The number of aryl methyl sites for hydroxylation is 1. The van der Waals surface area contributed by atoms with Crippen molar-refractivity contribution in [3.05, 3.63) is 29.8 Å². The van der Waals surface area contributed by atoms with E-state index < -0.39 is 11.2 Å². The molecule has 7 heteroatoms. The molecule has 3 saturated heterocycles. The molecule has 33 heavy (non-hydrogen) atoms. The van der Waals surface area contributed by atoms with E-state index in [1.54, 1.807) is 11.9 Å². The van der Waals surface area contributed by atoms with Crippen LogP contribution in [0, 0.1) is 12.8 Å². The first-order valence-corrected chi connectivity index (χ1v) is 12.4. The number of hydrogen-bond acceptors (Lipinski definition) is 6. The van der Waals surface area contributed by atoms with E-state index in [4.69, 9.17) is 4.74 Å². The zero-order valence-corrected chi connectivity index (χ0v) is 20.7. The quantitative estimate of drug-likeness (QED) is 0.718. The normalized spacial score (nSPS) is 32.7. The van der Waals surface area contributed by atoms with Crippen LogP contribution in [0.3, 0.4) is 0 Å². The van der Waals surface area contributed by atoms with Gasteiger partial charge >= 0.3 is 0 Å². The van der Waals surface area contributed by atoms with Crippen molar-refractivity contribution in [1.82, 2.24) is 9.80 Å². The van der Waals surface area contributed by atoms with Crippen molar-refractivity contribution in [3.8, 4) is 0 Å². The number of likely N-dealkylation sites (N-methyl/N-ethyl adjacent to an activating group) is 1. The second-order valence-electron chi connectivity index (χ2n) is 10.9. The molecule has 3 aliphatic heterocycles. The molecule has 0 saturated carbocycles. The number of β-amino-alcohol motifs (C(OH)–C–C–N with tert-alkyl or cyclic N) is 1. The Morgan fingerprint density at radius 2 is 1.91 bits per heavy atom. The molecule has 0 radical (unpaired) electrons. The van der Waals surface area contributed by atoms with Crippen LogP contribution in [0.4, 0.5) is 5.69 Å². The summed E-state index contributed by atoms with van der Waals surface area (Å²) in [6.45, 7) is 9.94. The van der Waals surface area contributed by atoms with Crippen molar-refractivity contribution in [1.29, 1.82) is 0 Å². The standard InChI is InChI=1S/C26H41N3O4/c1-19-7-5-6-8-22(19)29-13-10-26(32,11-14-29)18-28-12-9-23-21(16-28)15-25(3,31)24(17-33-23)27(4)20(2)30/h5-8,21,23-24,31-32H,9-18H2,1-4H3/t21-,23+,24+,25+/m0/s1. The van der Waals surface area contributed by atoms with Crippen LogP contribution >= 0.6 is 0 Å². The molecule has 4 atom stereocenters. The predicted molar refractivity (Wildman–Crippen MR) is 129 cm³/mol. The molecule has 2 N–H and O–H groups in total. The summed E-state index contributed by atoms with van der Waals surface area (Å²) in [5.41, 5.74) is 0.860. The van der Waals surface area contributed by atoms with E-state index in [0.717, 1.165) is 45.4 Å². The van der Waals surface area contributed by atoms with Gasteiger partial charge in [0.05, 0.1) is 30.0 Å². The Hall–Kier alpha value is -1.67. The van der Waals surface area contributed by atoms with Crippen molar-refractivity contribution < 1.29 is 19.7 Å². The van der Waals surface area contributed by atoms with Gasteiger partial charge in [-0.05, 0) is 51.2 Å². The largest absolute Gasteiger partial charge is 0.388 e. The number of aliphatic hydroxyl groups is 2. The maximum absolute atomic E-state index is 11.9. The van der Waals surface area contributed by atoms with Crippen molar-refractivity contribution in [3.63, 3.8) is 0 Å². The fourth-order valence-corrected chi connectivity index (χ4v) is 6.11. The van der Waals surface area contributed by atoms with Gasteiger partial charge in [0.2, 0.25) is 5.91 Å². The van der Waals surface area contributed by atoms with Gasteiger partial charge < -0.3 is 29.6 Å². The summed E-state index contributed by atoms with van der Waals surface area (Å²) in [5, 5.41) is 22.6. The first kappa shape index (κ1) is 24.5. The van der Waals surface area contributed by atoms with E-state index in [1.165, 1.54) is 18.2 Å². The summed E-state index contributed by atoms with van der Waals surface area (Å²) in [4.78, 5) is 18.3. The Morgan fingerprint density at radius 3 is 2.58 bits per heavy atom. The first-order valence-electron chi connectivity index (χ1n) is 12.4. The molecule has 7 nitrogen and oxygen atoms in total. The average molecular weight is 460 g/mol. The molecule has 1 aromatic rings. The Bertz CT molecular complexity index is 837. The highest BCUT2D eigenvalue weighted by atomic mass is 16.5. The van der Waals surface area contributed by atoms with E-state index in [0.29, 0.717) is 19.6 Å². The zero-order chi connectivity index (χ0) is 23.8. The summed E-state index contributed by atoms with van der Waals surface area (Å²) in [6.07, 6.45) is 3.09. The van der Waals surface area contributed by atoms with Crippen molar-refractivity contribution in [2.75, 3.05) is 51.3 Å². The molecular weight excluding hydrogens is 418 g/mol. The van der Waals surface area contributed by atoms with Crippen LogP contribution in [0.5, 0.6) is 0 Å². The lowest BCUT2D eigenvalue weighted by molar-refractivity contribution is -0.138. The molecule has 0 aromatic heterocycles. The maximum atomic E-state index is 11.9. The summed E-state index contributed by atoms with van der Waals surface area (Å²) in [6, 6.07) is 8.11. The number of benzene rings is 1. The number of para-hydroxylation sites is 1. The van der Waals surface area contributed by atoms with Gasteiger partial charge in [0.15, 0.2) is 0 Å². The molecule has 0 spiro atoms. The summed E-state index contributed by atoms with van der Waals surface area (Å²) in [7, 11) is 1.74. The van der Waals surface area contributed by atoms with Gasteiger partial charge in [-0.25, -0.2) is 0 Å². The third kappa shape index (κ3) is 5.37. The van der Waals surface area contributed by atoms with Gasteiger partial charge in [-0.2, -0.15) is 0 Å². The molecule has 4 rings (SSSR count). The highest BCUT2D eigenvalue weighted by molar-refractivity contribution is 5.73. The zero-order valence-electron chi connectivity index (χ0n) is 20.7. The fraction of sp³-hybridized carbons (Fsp3) is 0.731. The monoisotopic (exact) mass is 459 g/mol. The van der Waals surface area contributed by atoms with Crippen LogP contribution < -0.4 is 4.90 Å². The Labute approximate surface area is 198 Å². The number of anilines is 1. The van der Waals surface area contributed by atoms with Crippen molar-refractivity contribution >= 4 is 11.6 Å². The molecule has 0 unspecified atom stereocenters. The minimum atomic E-state index is -1.00. The van der Waals surface area contributed by atoms with Crippen LogP contribution in [0.1, 0.15) is 45.1 Å². The Balaban J connectivity index is 1.36. The highest BCUT2D eigenvalue weighted by Crippen LogP contribution is 2.36. The minimum Gasteiger partial charge on any atom is -0.388 e. The van der Waals surface area contributed by atoms with Crippen LogP contribution in [0.25, 0.3) is 0 Å². The average Bonchev–Trinajstić information content (AvgIpc) is 2.88. The Morgan fingerprint density at radius 1 is 1.21 bits per heavy atom. The lowest BCUT2D eigenvalue weighted by Gasteiger charge is -2.45. The van der Waals surface area contributed by atoms with E-state index in [-0.39, 0.29) is 24.0 Å². The second kappa shape index (κ2) is 9.53. The lowest BCUT2D eigenvalue weighted by atomic mass is 9.81. The maximum Gasteiger partial charge on any atom is 0.219 e. The number of likely N-dealkylation sites (tertiary alicyclic amines) is 1. The van der Waals surface area contributed by atoms with Gasteiger partial charge in [-0.3, -0.25) is 4.79 Å². The third-order valence-corrected chi connectivity index (χ3v) is 8.24. The molecule has 3 aliphatic rings. The second-order valence-corrected chi connectivity index (χ2v) is 10.9. The number of hydrogen-bond donors (Lipinski definition) is 2. The van der Waals surface area contributed by atoms with E-state index in [9.17, 15) is 15.0 Å². The van der Waals surface area contributed by atoms with Crippen LogP contribution in [-0.2, 0) is 9.53 Å². The predicted octanol–water partition coefficient (Wildman–Crippen LogP) is 2.04. The first-order chi connectivity index (χ1) is 15.6. The number of nitrogens with zero attached hydrogens (tertiary/aromatic N) is 3. The summed E-state index contributed by atoms with van der Waals surface area (Å²) >= 11 is 0. The molecular formula is C26H41N3O4. The summed E-state index contributed by atoms with van der Waals surface area (Å²) in [5.74, 6) is 0.129. The van der Waals surface area contributed by atoms with Gasteiger partial charge in [-0.15, -0.1) is 0 Å². The molecule has 0 bridgehead atoms. The van der Waals surface area contributed by atoms with Gasteiger partial charge in [0.1, 0.15) is 0 Å². The van der Waals surface area contributed by atoms with Gasteiger partial charge in [0, 0.05) is 58.3 Å². The number of amides is 1. The van der Waals surface area contributed by atoms with E-state index >= 15 is 0 Å². The number of fused-ring (bicyclic) bond motifs is 1. The van der Waals surface area contributed by atoms with E-state index in [2.05, 4.69) is 41.0 Å². The highest BCUT2D eigenvalue weighted by Gasteiger charge is 2.46. The van der Waals surface area contributed by atoms with Crippen LogP contribution in [0.15, 0.2) is 24.3 Å². The smallest absolute Gasteiger partial charge is 0.219 e. The van der Waals surface area contributed by atoms with E-state index in [1.807, 2.05) is 6.92 Å². The molecule has 3 heterocycles. The SMILES string of the molecule is CC(=O)N(C)[C@@H]1CO[C@@H]2CCN(CC3(O)CCN(c4ccccc4C)CC3)C[C@@H]2C[C@@]1(C)O.